The average molecular weight is 304 g/mol. The Morgan fingerprint density at radius 3 is 2.86 bits per heavy atom. The van der Waals surface area contributed by atoms with Crippen molar-refractivity contribution in [3.05, 3.63) is 48.4 Å². The van der Waals surface area contributed by atoms with E-state index in [1.165, 1.54) is 24.3 Å². The summed E-state index contributed by atoms with van der Waals surface area (Å²) in [5.41, 5.74) is 1.43. The predicted molar refractivity (Wildman–Crippen MR) is 77.3 cm³/mol. The monoisotopic (exact) mass is 304 g/mol. The zero-order chi connectivity index (χ0) is 14.8. The maximum atomic E-state index is 12.3. The van der Waals surface area contributed by atoms with Crippen LogP contribution in [0.5, 0.6) is 0 Å². The summed E-state index contributed by atoms with van der Waals surface area (Å²) in [4.78, 5) is 24.2. The fraction of sp³-hybridized carbons (Fsp3) is 0.143. The number of furan rings is 1. The van der Waals surface area contributed by atoms with Crippen molar-refractivity contribution in [1.29, 1.82) is 0 Å². The minimum Gasteiger partial charge on any atom is -0.472 e. The molecule has 1 aliphatic rings. The minimum atomic E-state index is -1.24. The molecule has 0 spiro atoms. The lowest BCUT2D eigenvalue weighted by Gasteiger charge is -2.21. The third kappa shape index (κ3) is 2.73. The van der Waals surface area contributed by atoms with Crippen LogP contribution in [-0.4, -0.2) is 23.1 Å². The minimum absolute atomic E-state index is 0.388. The number of para-hydroxylation sites is 1. The molecule has 1 aromatic carbocycles. The molecule has 0 aliphatic carbocycles. The predicted octanol–water partition coefficient (Wildman–Crippen LogP) is 2.70. The van der Waals surface area contributed by atoms with Crippen LogP contribution in [-0.2, 0) is 4.79 Å². The molecular formula is C14H12N2O4S. The summed E-state index contributed by atoms with van der Waals surface area (Å²) < 4.78 is 5.06. The Labute approximate surface area is 124 Å². The molecule has 2 atom stereocenters. The van der Waals surface area contributed by atoms with Gasteiger partial charge in [0.05, 0.1) is 23.5 Å². The number of thioether (sulfide) groups is 1. The molecular weight excluding hydrogens is 292 g/mol. The van der Waals surface area contributed by atoms with Gasteiger partial charge in [-0.15, -0.1) is 11.8 Å². The maximum absolute atomic E-state index is 12.3. The van der Waals surface area contributed by atoms with Crippen molar-refractivity contribution in [2.24, 2.45) is 0 Å². The third-order valence-corrected chi connectivity index (χ3v) is 4.54. The first-order chi connectivity index (χ1) is 10.1. The zero-order valence-corrected chi connectivity index (χ0v) is 11.6. The van der Waals surface area contributed by atoms with Gasteiger partial charge in [-0.25, -0.2) is 4.79 Å². The van der Waals surface area contributed by atoms with Gasteiger partial charge in [-0.1, -0.05) is 12.1 Å². The van der Waals surface area contributed by atoms with Crippen molar-refractivity contribution in [3.63, 3.8) is 0 Å². The second-order valence-corrected chi connectivity index (χ2v) is 5.69. The fourth-order valence-electron chi connectivity index (χ4n) is 2.20. The van der Waals surface area contributed by atoms with Crippen LogP contribution < -0.4 is 10.6 Å². The number of anilines is 1. The number of rotatable bonds is 2. The molecule has 21 heavy (non-hydrogen) atoms. The Morgan fingerprint density at radius 2 is 2.14 bits per heavy atom. The van der Waals surface area contributed by atoms with Crippen LogP contribution in [0.15, 0.2) is 52.2 Å². The largest absolute Gasteiger partial charge is 0.472 e. The highest BCUT2D eigenvalue weighted by atomic mass is 32.2. The number of hydrogen-bond acceptors (Lipinski definition) is 4. The first-order valence-corrected chi connectivity index (χ1v) is 7.11. The van der Waals surface area contributed by atoms with Crippen LogP contribution in [0.1, 0.15) is 10.8 Å². The molecule has 108 valence electrons. The molecule has 7 heteroatoms. The van der Waals surface area contributed by atoms with Crippen LogP contribution in [0.2, 0.25) is 0 Å². The molecule has 0 radical (unpaired) electrons. The van der Waals surface area contributed by atoms with E-state index in [9.17, 15) is 9.59 Å². The van der Waals surface area contributed by atoms with Gasteiger partial charge in [-0.2, -0.15) is 0 Å². The van der Waals surface area contributed by atoms with Gasteiger partial charge in [0.25, 0.3) is 0 Å². The van der Waals surface area contributed by atoms with Gasteiger partial charge in [-0.05, 0) is 18.2 Å². The van der Waals surface area contributed by atoms with Gasteiger partial charge in [0.15, 0.2) is 0 Å². The first kappa shape index (κ1) is 13.6. The van der Waals surface area contributed by atoms with Crippen molar-refractivity contribution >= 4 is 29.4 Å². The Balaban J connectivity index is 2.03. The number of amides is 2. The van der Waals surface area contributed by atoms with Gasteiger partial charge in [-0.3, -0.25) is 4.79 Å². The van der Waals surface area contributed by atoms with Crippen molar-refractivity contribution in [1.82, 2.24) is 5.32 Å². The van der Waals surface area contributed by atoms with E-state index in [-0.39, 0.29) is 5.91 Å². The third-order valence-electron chi connectivity index (χ3n) is 3.13. The number of carbonyl (C=O) groups excluding carboxylic acids is 1. The van der Waals surface area contributed by atoms with E-state index in [1.807, 2.05) is 18.2 Å². The van der Waals surface area contributed by atoms with E-state index in [1.54, 1.807) is 12.1 Å². The molecule has 2 heterocycles. The molecule has 3 N–H and O–H groups in total. The SMILES string of the molecule is O=C(O)N[C@H]1C(=O)Nc2ccccc2S[C@H]1c1ccoc1. The second-order valence-electron chi connectivity index (χ2n) is 4.51. The first-order valence-electron chi connectivity index (χ1n) is 6.23. The van der Waals surface area contributed by atoms with Crippen molar-refractivity contribution in [3.8, 4) is 0 Å². The van der Waals surface area contributed by atoms with Gasteiger partial charge < -0.3 is 20.2 Å². The Kier molecular flexibility index (Phi) is 3.57. The number of benzene rings is 1. The molecule has 1 aromatic heterocycles. The van der Waals surface area contributed by atoms with Crippen LogP contribution in [0.3, 0.4) is 0 Å². The van der Waals surface area contributed by atoms with Crippen LogP contribution in [0, 0.1) is 0 Å². The Bertz CT molecular complexity index is 671. The summed E-state index contributed by atoms with van der Waals surface area (Å²) >= 11 is 1.42. The van der Waals surface area contributed by atoms with Crippen molar-refractivity contribution in [2.45, 2.75) is 16.2 Å². The maximum Gasteiger partial charge on any atom is 0.405 e. The van der Waals surface area contributed by atoms with Gasteiger partial charge in [0.2, 0.25) is 5.91 Å². The molecule has 6 nitrogen and oxygen atoms in total. The van der Waals surface area contributed by atoms with Gasteiger partial charge >= 0.3 is 6.09 Å². The summed E-state index contributed by atoms with van der Waals surface area (Å²) in [5, 5.41) is 13.6. The van der Waals surface area contributed by atoms with Crippen LogP contribution in [0.25, 0.3) is 0 Å². The van der Waals surface area contributed by atoms with Gasteiger partial charge in [0, 0.05) is 10.5 Å². The molecule has 3 rings (SSSR count). The highest BCUT2D eigenvalue weighted by Crippen LogP contribution is 2.43. The normalized spacial score (nSPS) is 21.0. The summed E-state index contributed by atoms with van der Waals surface area (Å²) in [6.45, 7) is 0. The van der Waals surface area contributed by atoms with E-state index in [2.05, 4.69) is 10.6 Å². The highest BCUT2D eigenvalue weighted by molar-refractivity contribution is 7.99. The molecule has 0 fully saturated rings. The lowest BCUT2D eigenvalue weighted by atomic mass is 10.1. The van der Waals surface area contributed by atoms with E-state index in [4.69, 9.17) is 9.52 Å². The summed E-state index contributed by atoms with van der Waals surface area (Å²) in [5.74, 6) is -0.388. The Hall–Kier alpha value is -2.41. The standard InChI is InChI=1S/C14H12N2O4S/c17-13-11(16-14(18)19)12(8-5-6-20-7-8)21-10-4-2-1-3-9(10)15-13/h1-7,11-12,16H,(H,15,17)(H,18,19)/t11-,12+/m1/s1. The molecule has 0 bridgehead atoms. The molecule has 1 aliphatic heterocycles. The van der Waals surface area contributed by atoms with E-state index < -0.39 is 17.4 Å². The molecule has 2 aromatic rings. The smallest absolute Gasteiger partial charge is 0.405 e. The van der Waals surface area contributed by atoms with Crippen molar-refractivity contribution < 1.29 is 19.1 Å². The number of fused-ring (bicyclic) bond motifs is 1. The topological polar surface area (TPSA) is 91.6 Å². The van der Waals surface area contributed by atoms with E-state index in [0.717, 1.165) is 10.5 Å². The van der Waals surface area contributed by atoms with Crippen molar-refractivity contribution in [2.75, 3.05) is 5.32 Å². The van der Waals surface area contributed by atoms with E-state index in [0.29, 0.717) is 5.69 Å². The highest BCUT2D eigenvalue weighted by Gasteiger charge is 2.35. The lowest BCUT2D eigenvalue weighted by molar-refractivity contribution is -0.118. The zero-order valence-electron chi connectivity index (χ0n) is 10.8. The quantitative estimate of drug-likeness (QED) is 0.793. The van der Waals surface area contributed by atoms with Crippen LogP contribution in [0.4, 0.5) is 10.5 Å². The average Bonchev–Trinajstić information content (AvgIpc) is 2.93. The number of carboxylic acid groups (broad SMARTS) is 1. The lowest BCUT2D eigenvalue weighted by Crippen LogP contribution is -2.45. The Morgan fingerprint density at radius 1 is 1.33 bits per heavy atom. The fourth-order valence-corrected chi connectivity index (χ4v) is 3.47. The second kappa shape index (κ2) is 5.53. The number of nitrogens with one attached hydrogen (secondary N) is 2. The molecule has 0 saturated carbocycles. The van der Waals surface area contributed by atoms with Crippen LogP contribution >= 0.6 is 11.8 Å². The summed E-state index contributed by atoms with van der Waals surface area (Å²) in [6.07, 6.45) is 1.79. The molecule has 0 saturated heterocycles. The molecule has 0 unspecified atom stereocenters. The number of carbonyl (C=O) groups is 2. The molecule has 2 amide bonds. The summed E-state index contributed by atoms with van der Waals surface area (Å²) in [7, 11) is 0. The van der Waals surface area contributed by atoms with Gasteiger partial charge in [0.1, 0.15) is 6.04 Å². The summed E-state index contributed by atoms with van der Waals surface area (Å²) in [6, 6.07) is 8.19. The van der Waals surface area contributed by atoms with E-state index >= 15 is 0 Å². The number of hydrogen-bond donors (Lipinski definition) is 3.